The van der Waals surface area contributed by atoms with Crippen LogP contribution in [0.5, 0.6) is 0 Å². The molecule has 0 unspecified atom stereocenters. The molecular formula is C13H6Cl3N. The maximum atomic E-state index is 8.79. The van der Waals surface area contributed by atoms with Crippen LogP contribution in [0, 0.1) is 11.3 Å². The van der Waals surface area contributed by atoms with Crippen LogP contribution < -0.4 is 0 Å². The summed E-state index contributed by atoms with van der Waals surface area (Å²) in [6.07, 6.45) is 0. The fraction of sp³-hybridized carbons (Fsp3) is 0. The molecule has 0 aromatic heterocycles. The van der Waals surface area contributed by atoms with Crippen LogP contribution in [0.4, 0.5) is 0 Å². The minimum atomic E-state index is 0.418. The minimum Gasteiger partial charge on any atom is -0.192 e. The molecule has 2 aromatic rings. The first-order chi connectivity index (χ1) is 8.10. The number of nitriles is 1. The molecule has 0 aliphatic rings. The van der Waals surface area contributed by atoms with E-state index in [4.69, 9.17) is 40.1 Å². The molecule has 0 saturated heterocycles. The van der Waals surface area contributed by atoms with Gasteiger partial charge in [-0.1, -0.05) is 40.9 Å². The molecular weight excluding hydrogens is 277 g/mol. The molecule has 0 bridgehead atoms. The summed E-state index contributed by atoms with van der Waals surface area (Å²) in [5.74, 6) is 0. The van der Waals surface area contributed by atoms with Crippen molar-refractivity contribution in [2.24, 2.45) is 0 Å². The summed E-state index contributed by atoms with van der Waals surface area (Å²) >= 11 is 17.8. The first-order valence-electron chi connectivity index (χ1n) is 4.76. The van der Waals surface area contributed by atoms with E-state index in [0.29, 0.717) is 20.6 Å². The van der Waals surface area contributed by atoms with Crippen molar-refractivity contribution in [1.82, 2.24) is 0 Å². The van der Waals surface area contributed by atoms with Crippen molar-refractivity contribution in [3.63, 3.8) is 0 Å². The lowest BCUT2D eigenvalue weighted by atomic mass is 10.0. The molecule has 0 amide bonds. The first kappa shape index (κ1) is 12.3. The van der Waals surface area contributed by atoms with E-state index in [1.54, 1.807) is 30.3 Å². The van der Waals surface area contributed by atoms with Gasteiger partial charge in [0.2, 0.25) is 0 Å². The summed E-state index contributed by atoms with van der Waals surface area (Å²) in [6, 6.07) is 12.5. The standard InChI is InChI=1S/C13H6Cl3N/c14-11-3-10(4-12(15)6-11)8-1-2-9(7-17)13(16)5-8/h1-6H. The van der Waals surface area contributed by atoms with Crippen LogP contribution in [-0.4, -0.2) is 0 Å². The highest BCUT2D eigenvalue weighted by atomic mass is 35.5. The number of benzene rings is 2. The molecule has 0 radical (unpaired) electrons. The molecule has 2 aromatic carbocycles. The molecule has 0 saturated carbocycles. The van der Waals surface area contributed by atoms with Crippen LogP contribution in [-0.2, 0) is 0 Å². The second-order valence-corrected chi connectivity index (χ2v) is 4.74. The quantitative estimate of drug-likeness (QED) is 0.706. The molecule has 0 N–H and O–H groups in total. The summed E-state index contributed by atoms with van der Waals surface area (Å²) in [6.45, 7) is 0. The zero-order valence-corrected chi connectivity index (χ0v) is 10.8. The normalized spacial score (nSPS) is 10.0. The van der Waals surface area contributed by atoms with Crippen LogP contribution in [0.2, 0.25) is 15.1 Å². The maximum Gasteiger partial charge on any atom is 0.101 e. The van der Waals surface area contributed by atoms with Crippen molar-refractivity contribution >= 4 is 34.8 Å². The van der Waals surface area contributed by atoms with Crippen LogP contribution in [0.1, 0.15) is 5.56 Å². The molecule has 0 fully saturated rings. The third-order valence-electron chi connectivity index (χ3n) is 2.29. The van der Waals surface area contributed by atoms with E-state index < -0.39 is 0 Å². The first-order valence-corrected chi connectivity index (χ1v) is 5.89. The van der Waals surface area contributed by atoms with Gasteiger partial charge in [-0.3, -0.25) is 0 Å². The summed E-state index contributed by atoms with van der Waals surface area (Å²) in [5, 5.41) is 10.3. The minimum absolute atomic E-state index is 0.418. The zero-order valence-electron chi connectivity index (χ0n) is 8.55. The fourth-order valence-corrected chi connectivity index (χ4v) is 2.25. The van der Waals surface area contributed by atoms with Gasteiger partial charge < -0.3 is 0 Å². The average molecular weight is 283 g/mol. The van der Waals surface area contributed by atoms with Crippen LogP contribution in [0.3, 0.4) is 0 Å². The van der Waals surface area contributed by atoms with E-state index in [2.05, 4.69) is 0 Å². The monoisotopic (exact) mass is 281 g/mol. The van der Waals surface area contributed by atoms with Crippen molar-refractivity contribution in [3.8, 4) is 17.2 Å². The Morgan fingerprint density at radius 1 is 0.824 bits per heavy atom. The Morgan fingerprint density at radius 2 is 1.47 bits per heavy atom. The Labute approximate surface area is 114 Å². The summed E-state index contributed by atoms with van der Waals surface area (Å²) < 4.78 is 0. The zero-order chi connectivity index (χ0) is 12.4. The molecule has 17 heavy (non-hydrogen) atoms. The van der Waals surface area contributed by atoms with Crippen molar-refractivity contribution in [2.75, 3.05) is 0 Å². The molecule has 0 heterocycles. The van der Waals surface area contributed by atoms with Gasteiger partial charge in [0.05, 0.1) is 10.6 Å². The molecule has 0 spiro atoms. The lowest BCUT2D eigenvalue weighted by Gasteiger charge is -2.05. The van der Waals surface area contributed by atoms with Gasteiger partial charge >= 0.3 is 0 Å². The van der Waals surface area contributed by atoms with Gasteiger partial charge in [-0.05, 0) is 41.5 Å². The lowest BCUT2D eigenvalue weighted by molar-refractivity contribution is 1.48. The topological polar surface area (TPSA) is 23.8 Å². The van der Waals surface area contributed by atoms with Crippen molar-refractivity contribution < 1.29 is 0 Å². The third kappa shape index (κ3) is 2.73. The molecule has 0 aliphatic heterocycles. The fourth-order valence-electron chi connectivity index (χ4n) is 1.51. The lowest BCUT2D eigenvalue weighted by Crippen LogP contribution is -1.82. The second kappa shape index (κ2) is 4.98. The maximum absolute atomic E-state index is 8.79. The Morgan fingerprint density at radius 3 is 2.00 bits per heavy atom. The Bertz CT molecular complexity index is 594. The van der Waals surface area contributed by atoms with E-state index in [-0.39, 0.29) is 0 Å². The Hall–Kier alpha value is -1.20. The predicted molar refractivity (Wildman–Crippen MR) is 71.6 cm³/mol. The van der Waals surface area contributed by atoms with Crippen LogP contribution >= 0.6 is 34.8 Å². The largest absolute Gasteiger partial charge is 0.192 e. The highest BCUT2D eigenvalue weighted by molar-refractivity contribution is 6.35. The SMILES string of the molecule is N#Cc1ccc(-c2cc(Cl)cc(Cl)c2)cc1Cl. The molecule has 0 atom stereocenters. The van der Waals surface area contributed by atoms with Gasteiger partial charge in [0.15, 0.2) is 0 Å². The van der Waals surface area contributed by atoms with E-state index in [1.165, 1.54) is 0 Å². The number of halogens is 3. The van der Waals surface area contributed by atoms with Gasteiger partial charge in [0.1, 0.15) is 6.07 Å². The van der Waals surface area contributed by atoms with Gasteiger partial charge in [-0.2, -0.15) is 5.26 Å². The third-order valence-corrected chi connectivity index (χ3v) is 3.03. The highest BCUT2D eigenvalue weighted by Gasteiger charge is 2.05. The van der Waals surface area contributed by atoms with Crippen molar-refractivity contribution in [1.29, 1.82) is 5.26 Å². The van der Waals surface area contributed by atoms with E-state index in [0.717, 1.165) is 11.1 Å². The van der Waals surface area contributed by atoms with E-state index in [9.17, 15) is 0 Å². The van der Waals surface area contributed by atoms with Gasteiger partial charge in [-0.15, -0.1) is 0 Å². The molecule has 1 nitrogen and oxygen atoms in total. The van der Waals surface area contributed by atoms with Crippen molar-refractivity contribution in [2.45, 2.75) is 0 Å². The summed E-state index contributed by atoms with van der Waals surface area (Å²) in [5.41, 5.74) is 2.19. The van der Waals surface area contributed by atoms with Gasteiger partial charge in [-0.25, -0.2) is 0 Å². The number of nitrogens with zero attached hydrogens (tertiary/aromatic N) is 1. The van der Waals surface area contributed by atoms with Gasteiger partial charge in [0.25, 0.3) is 0 Å². The molecule has 84 valence electrons. The average Bonchev–Trinajstić information content (AvgIpc) is 2.27. The second-order valence-electron chi connectivity index (χ2n) is 3.46. The Kier molecular flexibility index (Phi) is 3.59. The van der Waals surface area contributed by atoms with Crippen LogP contribution in [0.25, 0.3) is 11.1 Å². The van der Waals surface area contributed by atoms with Crippen molar-refractivity contribution in [3.05, 3.63) is 57.0 Å². The molecule has 2 rings (SSSR count). The molecule has 4 heteroatoms. The highest BCUT2D eigenvalue weighted by Crippen LogP contribution is 2.29. The predicted octanol–water partition coefficient (Wildman–Crippen LogP) is 5.19. The van der Waals surface area contributed by atoms with E-state index >= 15 is 0 Å². The number of rotatable bonds is 1. The molecule has 0 aliphatic carbocycles. The van der Waals surface area contributed by atoms with E-state index in [1.807, 2.05) is 12.1 Å². The van der Waals surface area contributed by atoms with Crippen LogP contribution in [0.15, 0.2) is 36.4 Å². The van der Waals surface area contributed by atoms with Gasteiger partial charge in [0, 0.05) is 10.0 Å². The number of hydrogen-bond acceptors (Lipinski definition) is 1. The smallest absolute Gasteiger partial charge is 0.101 e. The number of hydrogen-bond donors (Lipinski definition) is 0. The Balaban J connectivity index is 2.54. The summed E-state index contributed by atoms with van der Waals surface area (Å²) in [7, 11) is 0. The summed E-state index contributed by atoms with van der Waals surface area (Å²) in [4.78, 5) is 0.